The molecule has 2 saturated heterocycles. The van der Waals surface area contributed by atoms with Gasteiger partial charge in [0, 0.05) is 31.2 Å². The smallest absolute Gasteiger partial charge is 0.267 e. The molecular formula is C23H26F4N4O2. The minimum atomic E-state index is -2.83. The molecule has 10 heteroatoms. The van der Waals surface area contributed by atoms with E-state index in [0.29, 0.717) is 31.7 Å². The molecule has 2 aliphatic heterocycles. The summed E-state index contributed by atoms with van der Waals surface area (Å²) in [4.78, 5) is 2.40. The van der Waals surface area contributed by atoms with Gasteiger partial charge in [-0.15, -0.1) is 10.2 Å². The van der Waals surface area contributed by atoms with E-state index in [0.717, 1.165) is 56.7 Å². The highest BCUT2D eigenvalue weighted by atomic mass is 19.3. The molecule has 178 valence electrons. The molecule has 0 amide bonds. The van der Waals surface area contributed by atoms with Crippen molar-refractivity contribution in [2.45, 2.75) is 31.4 Å². The lowest BCUT2D eigenvalue weighted by atomic mass is 10.0. The number of hydrogen-bond donors (Lipinski definition) is 1. The molecule has 1 unspecified atom stereocenters. The van der Waals surface area contributed by atoms with Gasteiger partial charge in [0.25, 0.3) is 6.43 Å². The van der Waals surface area contributed by atoms with E-state index in [1.54, 1.807) is 0 Å². The van der Waals surface area contributed by atoms with Crippen molar-refractivity contribution in [2.75, 3.05) is 44.8 Å². The summed E-state index contributed by atoms with van der Waals surface area (Å²) in [7, 11) is 0. The van der Waals surface area contributed by atoms with Gasteiger partial charge in [-0.2, -0.15) is 0 Å². The van der Waals surface area contributed by atoms with E-state index in [2.05, 4.69) is 20.4 Å². The monoisotopic (exact) mass is 466 g/mol. The van der Waals surface area contributed by atoms with E-state index in [1.807, 2.05) is 0 Å². The fourth-order valence-corrected chi connectivity index (χ4v) is 5.30. The Kier molecular flexibility index (Phi) is 6.49. The number of hydrogen-bond acceptors (Lipinski definition) is 6. The Balaban J connectivity index is 1.23. The summed E-state index contributed by atoms with van der Waals surface area (Å²) >= 11 is 0. The molecule has 1 aromatic carbocycles. The summed E-state index contributed by atoms with van der Waals surface area (Å²) < 4.78 is 66.4. The zero-order chi connectivity index (χ0) is 22.9. The third kappa shape index (κ3) is 4.97. The van der Waals surface area contributed by atoms with Crippen LogP contribution in [0.2, 0.25) is 0 Å². The Hall–Kier alpha value is -2.30. The van der Waals surface area contributed by atoms with Crippen LogP contribution >= 0.6 is 0 Å². The number of benzene rings is 1. The molecule has 1 saturated carbocycles. The normalized spacial score (nSPS) is 27.8. The number of halogens is 4. The number of likely N-dealkylation sites (tertiary alicyclic amines) is 1. The van der Waals surface area contributed by atoms with Crippen LogP contribution in [0.25, 0.3) is 11.3 Å². The van der Waals surface area contributed by atoms with Gasteiger partial charge in [-0.05, 0) is 48.9 Å². The second-order valence-electron chi connectivity index (χ2n) is 9.08. The first-order valence-corrected chi connectivity index (χ1v) is 11.3. The minimum absolute atomic E-state index is 0.000134. The van der Waals surface area contributed by atoms with Crippen LogP contribution in [-0.2, 0) is 9.47 Å². The van der Waals surface area contributed by atoms with Crippen LogP contribution in [0.1, 0.15) is 24.8 Å². The van der Waals surface area contributed by atoms with Crippen molar-refractivity contribution in [3.05, 3.63) is 41.5 Å². The first-order valence-electron chi connectivity index (χ1n) is 11.3. The highest BCUT2D eigenvalue weighted by molar-refractivity contribution is 5.63. The minimum Gasteiger partial charge on any atom is -0.376 e. The van der Waals surface area contributed by atoms with Crippen molar-refractivity contribution in [1.82, 2.24) is 15.1 Å². The Morgan fingerprint density at radius 3 is 2.55 bits per heavy atom. The molecule has 3 aliphatic rings. The molecule has 3 heterocycles. The Morgan fingerprint density at radius 1 is 1.06 bits per heavy atom. The Bertz CT molecular complexity index is 975. The number of anilines is 1. The van der Waals surface area contributed by atoms with Crippen LogP contribution in [0, 0.1) is 23.5 Å². The molecule has 0 spiro atoms. The van der Waals surface area contributed by atoms with Gasteiger partial charge in [0.15, 0.2) is 5.82 Å². The maximum atomic E-state index is 14.1. The summed E-state index contributed by atoms with van der Waals surface area (Å²) in [6.45, 7) is 4.67. The quantitative estimate of drug-likeness (QED) is 0.652. The number of fused-ring (bicyclic) bond motifs is 1. The number of nitrogens with zero attached hydrogens (tertiary/aromatic N) is 3. The zero-order valence-corrected chi connectivity index (χ0v) is 18.0. The number of ether oxygens (including phenoxy) is 2. The largest absolute Gasteiger partial charge is 0.376 e. The van der Waals surface area contributed by atoms with E-state index in [9.17, 15) is 17.6 Å². The average Bonchev–Trinajstić information content (AvgIpc) is 3.34. The first-order chi connectivity index (χ1) is 16.0. The van der Waals surface area contributed by atoms with Crippen molar-refractivity contribution >= 4 is 5.82 Å². The average molecular weight is 466 g/mol. The van der Waals surface area contributed by atoms with E-state index in [1.165, 1.54) is 0 Å². The van der Waals surface area contributed by atoms with Gasteiger partial charge in [-0.1, -0.05) is 0 Å². The highest BCUT2D eigenvalue weighted by Crippen LogP contribution is 2.40. The first kappa shape index (κ1) is 22.5. The Morgan fingerprint density at radius 2 is 1.85 bits per heavy atom. The molecule has 4 atom stereocenters. The SMILES string of the molecule is Fc1ccc(F)c(-c2cc(C(F)F)c(NC3C[C@@H]4CN(C[C@H]5COCCO5)C[C@@H]4C3)nn2)c1. The van der Waals surface area contributed by atoms with Crippen LogP contribution in [0.15, 0.2) is 24.3 Å². The lowest BCUT2D eigenvalue weighted by Crippen LogP contribution is -2.39. The predicted molar refractivity (Wildman–Crippen MR) is 113 cm³/mol. The lowest BCUT2D eigenvalue weighted by Gasteiger charge is -2.28. The molecule has 5 rings (SSSR count). The third-order valence-corrected chi connectivity index (χ3v) is 6.78. The van der Waals surface area contributed by atoms with E-state index in [-0.39, 0.29) is 34.8 Å². The molecule has 1 N–H and O–H groups in total. The molecule has 0 radical (unpaired) electrons. The van der Waals surface area contributed by atoms with E-state index >= 15 is 0 Å². The molecule has 2 aromatic rings. The number of rotatable bonds is 6. The standard InChI is InChI=1S/C23H26F4N4O2/c24-15-1-2-20(25)18(7-15)21-8-19(22(26)27)23(30-29-21)28-16-5-13-9-31(10-14(13)6-16)11-17-12-32-3-4-33-17/h1-2,7-8,13-14,16-17,22H,3-6,9-12H2,(H,28,30)/t13-,14+,16?,17-/m0/s1. The summed E-state index contributed by atoms with van der Waals surface area (Å²) in [5, 5.41) is 11.0. The third-order valence-electron chi connectivity index (χ3n) is 6.78. The maximum absolute atomic E-state index is 14.1. The van der Waals surface area contributed by atoms with Gasteiger partial charge in [0.2, 0.25) is 0 Å². The van der Waals surface area contributed by atoms with Gasteiger partial charge < -0.3 is 19.7 Å². The van der Waals surface area contributed by atoms with Crippen LogP contribution in [-0.4, -0.2) is 66.7 Å². The molecular weight excluding hydrogens is 440 g/mol. The fourth-order valence-electron chi connectivity index (χ4n) is 5.30. The van der Waals surface area contributed by atoms with Gasteiger partial charge >= 0.3 is 0 Å². The van der Waals surface area contributed by atoms with Gasteiger partial charge in [-0.25, -0.2) is 17.6 Å². The number of aromatic nitrogens is 2. The molecule has 1 aromatic heterocycles. The topological polar surface area (TPSA) is 59.5 Å². The zero-order valence-electron chi connectivity index (χ0n) is 18.0. The van der Waals surface area contributed by atoms with Crippen molar-refractivity contribution in [2.24, 2.45) is 11.8 Å². The van der Waals surface area contributed by atoms with Gasteiger partial charge in [-0.3, -0.25) is 0 Å². The van der Waals surface area contributed by atoms with Crippen molar-refractivity contribution in [1.29, 1.82) is 0 Å². The fraction of sp³-hybridized carbons (Fsp3) is 0.565. The predicted octanol–water partition coefficient (Wildman–Crippen LogP) is 3.90. The van der Waals surface area contributed by atoms with Crippen LogP contribution in [0.4, 0.5) is 23.4 Å². The highest BCUT2D eigenvalue weighted by Gasteiger charge is 2.41. The van der Waals surface area contributed by atoms with Crippen LogP contribution in [0.5, 0.6) is 0 Å². The lowest BCUT2D eigenvalue weighted by molar-refractivity contribution is -0.0964. The van der Waals surface area contributed by atoms with Crippen molar-refractivity contribution in [3.63, 3.8) is 0 Å². The second-order valence-corrected chi connectivity index (χ2v) is 9.08. The number of alkyl halides is 2. The molecule has 1 aliphatic carbocycles. The van der Waals surface area contributed by atoms with Crippen LogP contribution < -0.4 is 5.32 Å². The summed E-state index contributed by atoms with van der Waals surface area (Å²) in [6.07, 6.45) is -1.01. The molecule has 33 heavy (non-hydrogen) atoms. The van der Waals surface area contributed by atoms with Gasteiger partial charge in [0.1, 0.15) is 11.6 Å². The summed E-state index contributed by atoms with van der Waals surface area (Å²) in [6, 6.07) is 3.93. The Labute approximate surface area is 189 Å². The second kappa shape index (κ2) is 9.52. The van der Waals surface area contributed by atoms with Gasteiger partial charge in [0.05, 0.1) is 37.2 Å². The number of nitrogens with one attached hydrogen (secondary N) is 1. The molecule has 3 fully saturated rings. The van der Waals surface area contributed by atoms with Crippen molar-refractivity contribution in [3.8, 4) is 11.3 Å². The molecule has 0 bridgehead atoms. The summed E-state index contributed by atoms with van der Waals surface area (Å²) in [5.41, 5.74) is -0.684. The van der Waals surface area contributed by atoms with E-state index in [4.69, 9.17) is 9.47 Å². The van der Waals surface area contributed by atoms with E-state index < -0.39 is 18.1 Å². The molecule has 6 nitrogen and oxygen atoms in total. The van der Waals surface area contributed by atoms with Crippen molar-refractivity contribution < 1.29 is 27.0 Å². The maximum Gasteiger partial charge on any atom is 0.267 e. The summed E-state index contributed by atoms with van der Waals surface area (Å²) in [5.74, 6) is -0.459. The van der Waals surface area contributed by atoms with Crippen LogP contribution in [0.3, 0.4) is 0 Å².